The van der Waals surface area contributed by atoms with Gasteiger partial charge in [0.05, 0.1) is 22.8 Å². The number of carbonyl (C=O) groups is 2. The largest absolute Gasteiger partial charge is 0.376 e. The maximum Gasteiger partial charge on any atom is 0.262 e. The van der Waals surface area contributed by atoms with Crippen molar-refractivity contribution >= 4 is 34.5 Å². The van der Waals surface area contributed by atoms with Gasteiger partial charge in [0.2, 0.25) is 5.91 Å². The van der Waals surface area contributed by atoms with E-state index >= 15 is 0 Å². The number of rotatable bonds is 11. The minimum atomic E-state index is -0.239. The highest BCUT2D eigenvalue weighted by Crippen LogP contribution is 2.19. The van der Waals surface area contributed by atoms with Crippen LogP contribution >= 0.6 is 11.8 Å². The number of ether oxygens (including phenoxy) is 1. The van der Waals surface area contributed by atoms with Crippen LogP contribution in [0.1, 0.15) is 28.8 Å². The summed E-state index contributed by atoms with van der Waals surface area (Å²) in [7, 11) is 0. The summed E-state index contributed by atoms with van der Waals surface area (Å²) in [5.41, 5.74) is 1.75. The highest BCUT2D eigenvalue weighted by Gasteiger charge is 2.18. The second-order valence-corrected chi connectivity index (χ2v) is 9.49. The van der Waals surface area contributed by atoms with E-state index in [1.165, 1.54) is 16.3 Å². The summed E-state index contributed by atoms with van der Waals surface area (Å²) in [6.07, 6.45) is 4.34. The molecule has 1 aliphatic heterocycles. The van der Waals surface area contributed by atoms with E-state index in [1.807, 2.05) is 30.3 Å². The van der Waals surface area contributed by atoms with Crippen molar-refractivity contribution in [2.75, 3.05) is 25.4 Å². The number of benzene rings is 2. The number of thioether (sulfide) groups is 1. The summed E-state index contributed by atoms with van der Waals surface area (Å²) in [6.45, 7) is 5.70. The van der Waals surface area contributed by atoms with Gasteiger partial charge in [0.25, 0.3) is 11.5 Å². The molecule has 1 aliphatic rings. The van der Waals surface area contributed by atoms with E-state index in [0.29, 0.717) is 34.7 Å². The van der Waals surface area contributed by atoms with E-state index in [4.69, 9.17) is 4.74 Å². The van der Waals surface area contributed by atoms with Gasteiger partial charge >= 0.3 is 0 Å². The number of fused-ring (bicyclic) bond motifs is 1. The molecule has 0 unspecified atom stereocenters. The van der Waals surface area contributed by atoms with Gasteiger partial charge in [-0.2, -0.15) is 0 Å². The number of carbonyl (C=O) groups excluding carboxylic acids is 2. The average Bonchev–Trinajstić information content (AvgIpc) is 3.42. The number of hydrogen-bond donors (Lipinski definition) is 2. The molecule has 3 aromatic rings. The Morgan fingerprint density at radius 1 is 1.19 bits per heavy atom. The van der Waals surface area contributed by atoms with Gasteiger partial charge < -0.3 is 15.4 Å². The maximum atomic E-state index is 13.1. The van der Waals surface area contributed by atoms with Crippen LogP contribution < -0.4 is 16.2 Å². The first-order valence-electron chi connectivity index (χ1n) is 12.0. The lowest BCUT2D eigenvalue weighted by Gasteiger charge is -2.13. The molecule has 1 saturated heterocycles. The smallest absolute Gasteiger partial charge is 0.262 e. The number of aromatic nitrogens is 2. The number of amides is 2. The van der Waals surface area contributed by atoms with Crippen LogP contribution in [0, 0.1) is 0 Å². The maximum absolute atomic E-state index is 13.1. The van der Waals surface area contributed by atoms with Gasteiger partial charge in [0.1, 0.15) is 0 Å². The first-order chi connectivity index (χ1) is 17.5. The molecule has 8 nitrogen and oxygen atoms in total. The van der Waals surface area contributed by atoms with Crippen molar-refractivity contribution < 1.29 is 14.3 Å². The summed E-state index contributed by atoms with van der Waals surface area (Å²) < 4.78 is 7.05. The van der Waals surface area contributed by atoms with E-state index in [0.717, 1.165) is 31.4 Å². The number of nitrogens with zero attached hydrogens (tertiary/aromatic N) is 2. The molecule has 0 saturated carbocycles. The Bertz CT molecular complexity index is 1290. The molecule has 2 aromatic carbocycles. The van der Waals surface area contributed by atoms with Gasteiger partial charge in [0, 0.05) is 31.8 Å². The first-order valence-corrected chi connectivity index (χ1v) is 13.0. The zero-order valence-electron chi connectivity index (χ0n) is 20.1. The third-order valence-corrected chi connectivity index (χ3v) is 6.90. The molecule has 2 N–H and O–H groups in total. The van der Waals surface area contributed by atoms with Crippen molar-refractivity contribution in [3.05, 3.63) is 82.7 Å². The van der Waals surface area contributed by atoms with Crippen molar-refractivity contribution in [1.82, 2.24) is 20.2 Å². The molecule has 1 fully saturated rings. The Morgan fingerprint density at radius 3 is 2.78 bits per heavy atom. The van der Waals surface area contributed by atoms with Crippen molar-refractivity contribution in [2.45, 2.75) is 37.1 Å². The minimum absolute atomic E-state index is 0.0421. The fourth-order valence-corrected chi connectivity index (χ4v) is 4.87. The van der Waals surface area contributed by atoms with Crippen LogP contribution in [0.2, 0.25) is 0 Å². The van der Waals surface area contributed by atoms with Crippen molar-refractivity contribution in [3.8, 4) is 0 Å². The number of hydrogen-bond acceptors (Lipinski definition) is 6. The molecule has 188 valence electrons. The van der Waals surface area contributed by atoms with E-state index in [2.05, 4.69) is 22.2 Å². The fourth-order valence-electron chi connectivity index (χ4n) is 4.03. The molecule has 1 atom stereocenters. The summed E-state index contributed by atoms with van der Waals surface area (Å²) in [4.78, 5) is 42.8. The third kappa shape index (κ3) is 6.61. The summed E-state index contributed by atoms with van der Waals surface area (Å²) >= 11 is 1.19. The topological polar surface area (TPSA) is 102 Å². The second-order valence-electron chi connectivity index (χ2n) is 8.55. The molecule has 0 radical (unpaired) electrons. The van der Waals surface area contributed by atoms with Crippen LogP contribution in [0.25, 0.3) is 10.9 Å². The van der Waals surface area contributed by atoms with Crippen molar-refractivity contribution in [3.63, 3.8) is 0 Å². The summed E-state index contributed by atoms with van der Waals surface area (Å²) in [5, 5.41) is 6.61. The molecule has 1 aromatic heterocycles. The Kier molecular flexibility index (Phi) is 8.91. The Hall–Kier alpha value is -3.43. The van der Waals surface area contributed by atoms with Gasteiger partial charge in [-0.15, -0.1) is 6.58 Å². The summed E-state index contributed by atoms with van der Waals surface area (Å²) in [5.74, 6) is -0.264. The van der Waals surface area contributed by atoms with Crippen molar-refractivity contribution in [2.24, 2.45) is 0 Å². The lowest BCUT2D eigenvalue weighted by atomic mass is 10.1. The van der Waals surface area contributed by atoms with Gasteiger partial charge in [-0.3, -0.25) is 19.0 Å². The van der Waals surface area contributed by atoms with E-state index in [9.17, 15) is 14.4 Å². The van der Waals surface area contributed by atoms with Gasteiger partial charge in [0.15, 0.2) is 5.16 Å². The van der Waals surface area contributed by atoms with Crippen LogP contribution in [0.5, 0.6) is 0 Å². The van der Waals surface area contributed by atoms with E-state index in [1.54, 1.807) is 24.3 Å². The molecule has 0 bridgehead atoms. The van der Waals surface area contributed by atoms with Crippen molar-refractivity contribution in [1.29, 1.82) is 0 Å². The van der Waals surface area contributed by atoms with Gasteiger partial charge in [-0.1, -0.05) is 48.2 Å². The molecule has 9 heteroatoms. The quantitative estimate of drug-likeness (QED) is 0.236. The monoisotopic (exact) mass is 506 g/mol. The van der Waals surface area contributed by atoms with Crippen LogP contribution in [0.3, 0.4) is 0 Å². The SMILES string of the molecule is C=CCn1c(SCC(=O)NCCc2ccccc2)nc2cc(C(=O)NC[C@@H]3CCCO3)ccc2c1=O. The molecular weight excluding hydrogens is 476 g/mol. The summed E-state index contributed by atoms with van der Waals surface area (Å²) in [6, 6.07) is 14.8. The molecule has 0 spiro atoms. The average molecular weight is 507 g/mol. The standard InChI is InChI=1S/C27H30N4O4S/c1-2-14-31-26(34)22-11-10-20(25(33)29-17-21-9-6-15-35-21)16-23(22)30-27(31)36-18-24(32)28-13-12-19-7-4-3-5-8-19/h2-5,7-8,10-11,16,21H,1,6,9,12-15,17-18H2,(H,28,32)(H,29,33)/t21-/m0/s1. The van der Waals surface area contributed by atoms with Crippen LogP contribution in [-0.2, 0) is 22.5 Å². The zero-order chi connectivity index (χ0) is 25.3. The number of allylic oxidation sites excluding steroid dienone is 1. The highest BCUT2D eigenvalue weighted by molar-refractivity contribution is 7.99. The minimum Gasteiger partial charge on any atom is -0.376 e. The molecule has 2 heterocycles. The highest BCUT2D eigenvalue weighted by atomic mass is 32.2. The van der Waals surface area contributed by atoms with E-state index < -0.39 is 0 Å². The van der Waals surface area contributed by atoms with Crippen LogP contribution in [0.4, 0.5) is 0 Å². The molecule has 36 heavy (non-hydrogen) atoms. The van der Waals surface area contributed by atoms with Crippen LogP contribution in [-0.4, -0.2) is 52.9 Å². The number of nitrogens with one attached hydrogen (secondary N) is 2. The van der Waals surface area contributed by atoms with Crippen LogP contribution in [0.15, 0.2) is 71.1 Å². The van der Waals surface area contributed by atoms with Gasteiger partial charge in [-0.25, -0.2) is 4.98 Å². The van der Waals surface area contributed by atoms with Gasteiger partial charge in [-0.05, 0) is 43.0 Å². The molecular formula is C27H30N4O4S. The lowest BCUT2D eigenvalue weighted by Crippen LogP contribution is -2.31. The normalized spacial score (nSPS) is 15.1. The molecule has 0 aliphatic carbocycles. The lowest BCUT2D eigenvalue weighted by molar-refractivity contribution is -0.118. The molecule has 4 rings (SSSR count). The predicted octanol–water partition coefficient (Wildman–Crippen LogP) is 2.94. The first kappa shape index (κ1) is 25.7. The Morgan fingerprint density at radius 2 is 2.03 bits per heavy atom. The fraction of sp³-hybridized carbons (Fsp3) is 0.333. The third-order valence-electron chi connectivity index (χ3n) is 5.92. The van der Waals surface area contributed by atoms with E-state index in [-0.39, 0.29) is 35.8 Å². The predicted molar refractivity (Wildman–Crippen MR) is 141 cm³/mol. The Balaban J connectivity index is 1.44. The zero-order valence-corrected chi connectivity index (χ0v) is 20.9. The molecule has 2 amide bonds. The second kappa shape index (κ2) is 12.5. The Labute approximate surface area is 214 Å².